The molecule has 9 heteroatoms. The van der Waals surface area contributed by atoms with Crippen molar-refractivity contribution in [1.29, 1.82) is 0 Å². The molecule has 4 rings (SSSR count). The van der Waals surface area contributed by atoms with E-state index >= 15 is 0 Å². The van der Waals surface area contributed by atoms with Gasteiger partial charge in [-0.05, 0) is 6.07 Å². The average molecular weight is 371 g/mol. The number of fused-ring (bicyclic) bond motifs is 1. The van der Waals surface area contributed by atoms with Crippen LogP contribution in [0.4, 0.5) is 11.6 Å². The molecule has 0 saturated carbocycles. The number of aryl methyl sites for hydroxylation is 1. The van der Waals surface area contributed by atoms with E-state index in [0.717, 1.165) is 24.7 Å². The number of hydrogen-bond acceptors (Lipinski definition) is 7. The molecular weight excluding hydrogens is 346 g/mol. The Bertz CT molecular complexity index is 822. The summed E-state index contributed by atoms with van der Waals surface area (Å²) in [6.45, 7) is 2.98. The fourth-order valence-corrected chi connectivity index (χ4v) is 3.86. The third-order valence-electron chi connectivity index (χ3n) is 5.44. The lowest BCUT2D eigenvalue weighted by Gasteiger charge is -2.22. The lowest BCUT2D eigenvalue weighted by molar-refractivity contribution is 0.0930. The Morgan fingerprint density at radius 1 is 1.37 bits per heavy atom. The maximum Gasteiger partial charge on any atom is 0.269 e. The van der Waals surface area contributed by atoms with Gasteiger partial charge in [-0.1, -0.05) is 0 Å². The molecule has 4 heterocycles. The van der Waals surface area contributed by atoms with E-state index in [9.17, 15) is 4.79 Å². The Kier molecular flexibility index (Phi) is 4.69. The van der Waals surface area contributed by atoms with Crippen LogP contribution in [-0.4, -0.2) is 72.1 Å². The quantitative estimate of drug-likeness (QED) is 0.801. The Labute approximate surface area is 158 Å². The molecule has 0 aromatic carbocycles. The van der Waals surface area contributed by atoms with Crippen molar-refractivity contribution in [2.45, 2.75) is 6.10 Å². The van der Waals surface area contributed by atoms with Gasteiger partial charge in [0.25, 0.3) is 5.91 Å². The SMILES string of the molecule is CN(C)c1cc(N2C[C@H]3[C@@H](CNC(=O)c4ccnn4C)CO[C@H]3C2)ncn1. The zero-order valence-corrected chi connectivity index (χ0v) is 15.9. The van der Waals surface area contributed by atoms with Gasteiger partial charge in [0.15, 0.2) is 0 Å². The van der Waals surface area contributed by atoms with Gasteiger partial charge in [-0.3, -0.25) is 9.48 Å². The van der Waals surface area contributed by atoms with Crippen LogP contribution in [0.15, 0.2) is 24.7 Å². The van der Waals surface area contributed by atoms with Crippen LogP contribution in [0.25, 0.3) is 0 Å². The molecule has 9 nitrogen and oxygen atoms in total. The van der Waals surface area contributed by atoms with Crippen LogP contribution in [-0.2, 0) is 11.8 Å². The van der Waals surface area contributed by atoms with Crippen LogP contribution >= 0.6 is 0 Å². The van der Waals surface area contributed by atoms with Crippen molar-refractivity contribution in [3.8, 4) is 0 Å². The van der Waals surface area contributed by atoms with Crippen molar-refractivity contribution in [2.75, 3.05) is 50.1 Å². The van der Waals surface area contributed by atoms with Gasteiger partial charge in [0.1, 0.15) is 23.7 Å². The molecule has 144 valence electrons. The van der Waals surface area contributed by atoms with Gasteiger partial charge < -0.3 is 19.9 Å². The number of amides is 1. The van der Waals surface area contributed by atoms with Gasteiger partial charge in [-0.2, -0.15) is 5.10 Å². The maximum absolute atomic E-state index is 12.3. The highest BCUT2D eigenvalue weighted by molar-refractivity contribution is 5.92. The summed E-state index contributed by atoms with van der Waals surface area (Å²) in [6.07, 6.45) is 3.41. The number of anilines is 2. The van der Waals surface area contributed by atoms with Crippen molar-refractivity contribution in [3.63, 3.8) is 0 Å². The number of rotatable bonds is 5. The van der Waals surface area contributed by atoms with Crippen molar-refractivity contribution in [1.82, 2.24) is 25.1 Å². The molecule has 2 fully saturated rings. The number of nitrogens with one attached hydrogen (secondary N) is 1. The largest absolute Gasteiger partial charge is 0.376 e. The van der Waals surface area contributed by atoms with E-state index in [4.69, 9.17) is 4.74 Å². The van der Waals surface area contributed by atoms with Crippen molar-refractivity contribution in [3.05, 3.63) is 30.4 Å². The van der Waals surface area contributed by atoms with Crippen LogP contribution in [0.3, 0.4) is 0 Å². The first-order valence-corrected chi connectivity index (χ1v) is 9.15. The number of ether oxygens (including phenoxy) is 1. The summed E-state index contributed by atoms with van der Waals surface area (Å²) >= 11 is 0. The number of carbonyl (C=O) groups excluding carboxylic acids is 1. The number of hydrogen-bond donors (Lipinski definition) is 1. The van der Waals surface area contributed by atoms with Crippen LogP contribution in [0.2, 0.25) is 0 Å². The molecular formula is C18H25N7O2. The molecule has 0 bridgehead atoms. The summed E-state index contributed by atoms with van der Waals surface area (Å²) in [5.74, 6) is 2.39. The summed E-state index contributed by atoms with van der Waals surface area (Å²) in [5.41, 5.74) is 0.565. The Hall–Kier alpha value is -2.68. The lowest BCUT2D eigenvalue weighted by Crippen LogP contribution is -2.35. The van der Waals surface area contributed by atoms with E-state index in [1.807, 2.05) is 25.1 Å². The minimum Gasteiger partial charge on any atom is -0.376 e. The molecule has 0 aliphatic carbocycles. The summed E-state index contributed by atoms with van der Waals surface area (Å²) < 4.78 is 7.58. The second kappa shape index (κ2) is 7.15. The molecule has 1 N–H and O–H groups in total. The van der Waals surface area contributed by atoms with Crippen molar-refractivity contribution in [2.24, 2.45) is 18.9 Å². The monoisotopic (exact) mass is 371 g/mol. The van der Waals surface area contributed by atoms with Crippen LogP contribution in [0.1, 0.15) is 10.5 Å². The smallest absolute Gasteiger partial charge is 0.269 e. The van der Waals surface area contributed by atoms with E-state index in [2.05, 4.69) is 25.3 Å². The van der Waals surface area contributed by atoms with Gasteiger partial charge in [0, 0.05) is 64.9 Å². The van der Waals surface area contributed by atoms with E-state index in [0.29, 0.717) is 30.7 Å². The Morgan fingerprint density at radius 2 is 2.22 bits per heavy atom. The van der Waals surface area contributed by atoms with Gasteiger partial charge in [-0.15, -0.1) is 0 Å². The zero-order chi connectivity index (χ0) is 19.0. The molecule has 0 radical (unpaired) electrons. The second-order valence-corrected chi connectivity index (χ2v) is 7.38. The van der Waals surface area contributed by atoms with E-state index in [1.54, 1.807) is 30.3 Å². The topological polar surface area (TPSA) is 88.4 Å². The molecule has 3 atom stereocenters. The minimum atomic E-state index is -0.0975. The Morgan fingerprint density at radius 3 is 2.96 bits per heavy atom. The molecule has 2 aliphatic heterocycles. The highest BCUT2D eigenvalue weighted by atomic mass is 16.5. The van der Waals surface area contributed by atoms with E-state index < -0.39 is 0 Å². The van der Waals surface area contributed by atoms with Crippen molar-refractivity contribution < 1.29 is 9.53 Å². The molecule has 2 saturated heterocycles. The number of nitrogens with zero attached hydrogens (tertiary/aromatic N) is 6. The first-order chi connectivity index (χ1) is 13.0. The molecule has 0 spiro atoms. The number of aromatic nitrogens is 4. The Balaban J connectivity index is 1.38. The van der Waals surface area contributed by atoms with E-state index in [1.165, 1.54) is 0 Å². The highest BCUT2D eigenvalue weighted by Gasteiger charge is 2.44. The lowest BCUT2D eigenvalue weighted by atomic mass is 9.93. The normalized spacial score (nSPS) is 24.1. The second-order valence-electron chi connectivity index (χ2n) is 7.38. The van der Waals surface area contributed by atoms with Gasteiger partial charge >= 0.3 is 0 Å². The molecule has 27 heavy (non-hydrogen) atoms. The molecule has 2 aliphatic rings. The van der Waals surface area contributed by atoms with Crippen LogP contribution < -0.4 is 15.1 Å². The van der Waals surface area contributed by atoms with Crippen molar-refractivity contribution >= 4 is 17.5 Å². The summed E-state index contributed by atoms with van der Waals surface area (Å²) in [6, 6.07) is 3.72. The third kappa shape index (κ3) is 3.46. The van der Waals surface area contributed by atoms with Gasteiger partial charge in [0.05, 0.1) is 12.7 Å². The fourth-order valence-electron chi connectivity index (χ4n) is 3.86. The predicted octanol–water partition coefficient (Wildman–Crippen LogP) is 0.157. The van der Waals surface area contributed by atoms with Gasteiger partial charge in [-0.25, -0.2) is 9.97 Å². The minimum absolute atomic E-state index is 0.0975. The summed E-state index contributed by atoms with van der Waals surface area (Å²) in [7, 11) is 5.70. The standard InChI is InChI=1S/C18H25N7O2/c1-23(2)16-6-17(21-11-20-16)25-8-13-12(10-27-15(13)9-25)7-19-18(26)14-4-5-22-24(14)3/h4-6,11-13,15H,7-10H2,1-3H3,(H,19,26)/t12-,13-,15-/m0/s1. The molecule has 2 aromatic heterocycles. The maximum atomic E-state index is 12.3. The summed E-state index contributed by atoms with van der Waals surface area (Å²) in [4.78, 5) is 25.2. The highest BCUT2D eigenvalue weighted by Crippen LogP contribution is 2.35. The van der Waals surface area contributed by atoms with E-state index in [-0.39, 0.29) is 12.0 Å². The average Bonchev–Trinajstić information content (AvgIpc) is 3.35. The molecule has 2 aromatic rings. The number of carbonyl (C=O) groups is 1. The van der Waals surface area contributed by atoms with Gasteiger partial charge in [0.2, 0.25) is 0 Å². The molecule has 1 amide bonds. The van der Waals surface area contributed by atoms with Crippen LogP contribution in [0, 0.1) is 11.8 Å². The summed E-state index contributed by atoms with van der Waals surface area (Å²) in [5, 5.41) is 7.07. The molecule has 0 unspecified atom stereocenters. The first kappa shape index (κ1) is 17.7. The first-order valence-electron chi connectivity index (χ1n) is 9.15. The van der Waals surface area contributed by atoms with Crippen LogP contribution in [0.5, 0.6) is 0 Å². The predicted molar refractivity (Wildman–Crippen MR) is 101 cm³/mol. The fraction of sp³-hybridized carbons (Fsp3) is 0.556. The zero-order valence-electron chi connectivity index (χ0n) is 15.9. The third-order valence-corrected chi connectivity index (χ3v) is 5.44.